The Morgan fingerprint density at radius 2 is 1.72 bits per heavy atom. The molecular weight excluding hydrogens is 910 g/mol. The van der Waals surface area contributed by atoms with Gasteiger partial charge in [0.25, 0.3) is 5.91 Å². The number of nitrogens with zero attached hydrogens (tertiary/aromatic N) is 7. The van der Waals surface area contributed by atoms with Gasteiger partial charge in [0.15, 0.2) is 5.13 Å². The summed E-state index contributed by atoms with van der Waals surface area (Å²) in [6, 6.07) is 14.0. The Morgan fingerprint density at radius 3 is 2.42 bits per heavy atom. The van der Waals surface area contributed by atoms with Crippen molar-refractivity contribution in [2.75, 3.05) is 54.8 Å². The van der Waals surface area contributed by atoms with Gasteiger partial charge in [-0.05, 0) is 68.3 Å². The monoisotopic (exact) mass is 969 g/mol. The zero-order valence-corrected chi connectivity index (χ0v) is 41.3. The van der Waals surface area contributed by atoms with Crippen molar-refractivity contribution in [3.63, 3.8) is 0 Å². The Kier molecular flexibility index (Phi) is 16.3. The number of amides is 4. The van der Waals surface area contributed by atoms with Gasteiger partial charge in [0.05, 0.1) is 45.1 Å². The number of anilines is 4. The maximum Gasteiger partial charge on any atom is 0.267 e. The van der Waals surface area contributed by atoms with Crippen LogP contribution in [-0.2, 0) is 20.9 Å². The maximum absolute atomic E-state index is 14.1. The molecule has 4 amide bonds. The average molecular weight is 971 g/mol. The first-order chi connectivity index (χ1) is 32.0. The molecule has 0 aliphatic carbocycles. The summed E-state index contributed by atoms with van der Waals surface area (Å²) >= 11 is 9.10. The number of nitrogens with one attached hydrogen (secondary N) is 4. The van der Waals surface area contributed by atoms with Gasteiger partial charge >= 0.3 is 0 Å². The van der Waals surface area contributed by atoms with Crippen molar-refractivity contribution in [3.05, 3.63) is 92.8 Å². The SMILES string of the molecule is Cc1nc(Nc2ncc(C(=O)Nc3c(C)cccc3Cl)s2)cc(N2CCN(C(=O)CCCCCNC(C(=O)N3C[C@H](O)C[C@H]3C(=O)NCc3ccc(-c4scnc4C)cc3)C(C)(C)C)CC2)n1. The van der Waals surface area contributed by atoms with Crippen molar-refractivity contribution in [1.82, 2.24) is 40.4 Å². The number of hydrogen-bond donors (Lipinski definition) is 5. The lowest BCUT2D eigenvalue weighted by Crippen LogP contribution is -2.56. The van der Waals surface area contributed by atoms with Crippen LogP contribution in [0, 0.1) is 26.2 Å². The number of thiazole rings is 2. The van der Waals surface area contributed by atoms with Crippen LogP contribution in [0.25, 0.3) is 10.4 Å². The fourth-order valence-corrected chi connectivity index (χ4v) is 10.2. The van der Waals surface area contributed by atoms with Crippen molar-refractivity contribution >= 4 is 80.4 Å². The predicted molar refractivity (Wildman–Crippen MR) is 265 cm³/mol. The molecule has 16 nitrogen and oxygen atoms in total. The van der Waals surface area contributed by atoms with Crippen LogP contribution in [0.3, 0.4) is 0 Å². The smallest absolute Gasteiger partial charge is 0.267 e. The summed E-state index contributed by atoms with van der Waals surface area (Å²) < 4.78 is 0. The Labute approximate surface area is 405 Å². The number of aryl methyl sites for hydroxylation is 3. The number of para-hydroxylation sites is 1. The van der Waals surface area contributed by atoms with E-state index in [-0.39, 0.29) is 36.6 Å². The van der Waals surface area contributed by atoms with Crippen LogP contribution in [0.1, 0.15) is 85.2 Å². The molecule has 0 radical (unpaired) electrons. The number of carbonyl (C=O) groups is 4. The van der Waals surface area contributed by atoms with E-state index < -0.39 is 23.6 Å². The number of unbranched alkanes of at least 4 members (excludes halogenated alkanes) is 2. The largest absolute Gasteiger partial charge is 0.391 e. The summed E-state index contributed by atoms with van der Waals surface area (Å²) in [6.07, 6.45) is 3.66. The van der Waals surface area contributed by atoms with Crippen LogP contribution in [0.4, 0.5) is 22.5 Å². The fraction of sp³-hybridized carbons (Fsp3) is 0.458. The number of hydrogen-bond acceptors (Lipinski definition) is 14. The van der Waals surface area contributed by atoms with E-state index in [1.807, 2.05) is 94.4 Å². The van der Waals surface area contributed by atoms with Gasteiger partial charge in [-0.25, -0.2) is 19.9 Å². The molecule has 5 aromatic rings. The van der Waals surface area contributed by atoms with Crippen molar-refractivity contribution in [1.29, 1.82) is 0 Å². The van der Waals surface area contributed by atoms with Crippen LogP contribution < -0.4 is 26.2 Å². The number of aromatic nitrogens is 4. The minimum atomic E-state index is -0.784. The standard InChI is InChI=1S/C48H60ClN11O5S2/c1-29-11-10-12-35(49)41(29)57-45(64)37-26-52-47(67-37)56-38-24-39(55-31(3)54-38)58-19-21-59(22-20-58)40(62)13-8-7-9-18-50-43(48(4,5)6)46(65)60-27-34(61)23-36(60)44(63)51-25-32-14-16-33(17-15-32)42-30(2)53-28-66-42/h10-12,14-17,24,26,28,34,36,43,50,61H,7-9,13,18-23,25,27H2,1-6H3,(H,51,63)(H,57,64)(H,52,54,55,56)/t34-,36+,43?/m1/s1. The molecule has 67 heavy (non-hydrogen) atoms. The van der Waals surface area contributed by atoms with Crippen LogP contribution in [0.2, 0.25) is 5.02 Å². The summed E-state index contributed by atoms with van der Waals surface area (Å²) in [7, 11) is 0. The second-order valence-electron chi connectivity index (χ2n) is 18.2. The topological polar surface area (TPSA) is 198 Å². The minimum absolute atomic E-state index is 0.102. The molecule has 2 fully saturated rings. The molecule has 2 aliphatic rings. The maximum atomic E-state index is 14.1. The molecule has 7 rings (SSSR count). The van der Waals surface area contributed by atoms with Crippen molar-refractivity contribution < 1.29 is 24.3 Å². The molecular formula is C48H60ClN11O5S2. The number of halogens is 1. The van der Waals surface area contributed by atoms with Crippen LogP contribution in [-0.4, -0.2) is 116 Å². The van der Waals surface area contributed by atoms with Gasteiger partial charge in [0.1, 0.15) is 28.4 Å². The molecule has 3 atom stereocenters. The molecule has 2 saturated heterocycles. The van der Waals surface area contributed by atoms with Gasteiger partial charge in [-0.3, -0.25) is 19.2 Å². The highest BCUT2D eigenvalue weighted by Crippen LogP contribution is 2.31. The quantitative estimate of drug-likeness (QED) is 0.0593. The number of piperazine rings is 1. The van der Waals surface area contributed by atoms with Gasteiger partial charge < -0.3 is 41.1 Å². The second kappa shape index (κ2) is 22.1. The number of aliphatic hydroxyl groups is 1. The Bertz CT molecular complexity index is 2520. The Morgan fingerprint density at radius 1 is 0.955 bits per heavy atom. The molecule has 19 heteroatoms. The summed E-state index contributed by atoms with van der Waals surface area (Å²) in [5, 5.41) is 24.1. The molecule has 3 aromatic heterocycles. The van der Waals surface area contributed by atoms with Crippen LogP contribution in [0.5, 0.6) is 0 Å². The van der Waals surface area contributed by atoms with E-state index in [1.165, 1.54) is 22.4 Å². The molecule has 356 valence electrons. The third kappa shape index (κ3) is 12.7. The third-order valence-electron chi connectivity index (χ3n) is 12.0. The van der Waals surface area contributed by atoms with Gasteiger partial charge in [-0.15, -0.1) is 11.3 Å². The van der Waals surface area contributed by atoms with E-state index in [1.54, 1.807) is 17.4 Å². The number of β-amino-alcohol motifs (C(OH)–C–C–N with tert-alkyl or cyclic N) is 1. The number of carbonyl (C=O) groups excluding carboxylic acids is 4. The first-order valence-corrected chi connectivity index (χ1v) is 24.8. The molecule has 0 bridgehead atoms. The molecule has 2 aromatic carbocycles. The zero-order chi connectivity index (χ0) is 47.8. The lowest BCUT2D eigenvalue weighted by molar-refractivity contribution is -0.142. The Balaban J connectivity index is 0.825. The summed E-state index contributed by atoms with van der Waals surface area (Å²) in [4.78, 5) is 78.8. The second-order valence-corrected chi connectivity index (χ2v) is 20.5. The highest BCUT2D eigenvalue weighted by atomic mass is 35.5. The summed E-state index contributed by atoms with van der Waals surface area (Å²) in [5.74, 6) is 1.19. The first kappa shape index (κ1) is 49.4. The van der Waals surface area contributed by atoms with Crippen molar-refractivity contribution in [2.24, 2.45) is 5.41 Å². The van der Waals surface area contributed by atoms with Crippen molar-refractivity contribution in [2.45, 2.75) is 98.4 Å². The third-order valence-corrected chi connectivity index (χ3v) is 14.2. The normalized spacial score (nSPS) is 16.8. The lowest BCUT2D eigenvalue weighted by atomic mass is 9.85. The molecule has 5 N–H and O–H groups in total. The van der Waals surface area contributed by atoms with E-state index in [2.05, 4.69) is 46.1 Å². The Hall–Kier alpha value is -5.53. The molecule has 2 aliphatic heterocycles. The average Bonchev–Trinajstić information content (AvgIpc) is 4.06. The molecule has 0 saturated carbocycles. The fourth-order valence-electron chi connectivity index (χ4n) is 8.35. The molecule has 5 heterocycles. The van der Waals surface area contributed by atoms with Gasteiger partial charge in [0.2, 0.25) is 17.7 Å². The highest BCUT2D eigenvalue weighted by Gasteiger charge is 2.43. The van der Waals surface area contributed by atoms with E-state index in [9.17, 15) is 24.3 Å². The minimum Gasteiger partial charge on any atom is -0.391 e. The van der Waals surface area contributed by atoms with Crippen molar-refractivity contribution in [3.8, 4) is 10.4 Å². The molecule has 0 spiro atoms. The number of rotatable bonds is 17. The zero-order valence-electron chi connectivity index (χ0n) is 38.9. The summed E-state index contributed by atoms with van der Waals surface area (Å²) in [5.41, 5.74) is 5.80. The lowest BCUT2D eigenvalue weighted by Gasteiger charge is -2.36. The number of aliphatic hydroxyl groups excluding tert-OH is 1. The van der Waals surface area contributed by atoms with E-state index in [4.69, 9.17) is 11.6 Å². The predicted octanol–water partition coefficient (Wildman–Crippen LogP) is 7.12. The highest BCUT2D eigenvalue weighted by molar-refractivity contribution is 7.17. The summed E-state index contributed by atoms with van der Waals surface area (Å²) in [6.45, 7) is 15.0. The first-order valence-electron chi connectivity index (χ1n) is 22.7. The van der Waals surface area contributed by atoms with Gasteiger partial charge in [-0.2, -0.15) is 0 Å². The van der Waals surface area contributed by atoms with Gasteiger partial charge in [0, 0.05) is 58.2 Å². The van der Waals surface area contributed by atoms with Crippen LogP contribution >= 0.6 is 34.3 Å². The molecule has 1 unspecified atom stereocenters. The number of likely N-dealkylation sites (tertiary alicyclic amines) is 1. The van der Waals surface area contributed by atoms with E-state index >= 15 is 0 Å². The number of benzene rings is 2. The van der Waals surface area contributed by atoms with Crippen LogP contribution in [0.15, 0.2) is 60.2 Å². The van der Waals surface area contributed by atoms with E-state index in [0.29, 0.717) is 78.1 Å². The van der Waals surface area contributed by atoms with E-state index in [0.717, 1.165) is 52.3 Å². The van der Waals surface area contributed by atoms with Gasteiger partial charge in [-0.1, -0.05) is 86.5 Å².